The lowest BCUT2D eigenvalue weighted by atomic mass is 9.74. The SMILES string of the molecule is O=C(OCc1ccccc1)N1C2CCCC1CC(O)(CCOc1ccccc1)C2. The van der Waals surface area contributed by atoms with Crippen LogP contribution in [0.3, 0.4) is 0 Å². The highest BCUT2D eigenvalue weighted by atomic mass is 16.6. The van der Waals surface area contributed by atoms with Gasteiger partial charge in [0, 0.05) is 18.5 Å². The van der Waals surface area contributed by atoms with Crippen molar-refractivity contribution in [2.45, 2.75) is 62.8 Å². The third kappa shape index (κ3) is 4.91. The van der Waals surface area contributed by atoms with Crippen LogP contribution in [0, 0.1) is 0 Å². The van der Waals surface area contributed by atoms with Crippen molar-refractivity contribution >= 4 is 6.09 Å². The second-order valence-corrected chi connectivity index (χ2v) is 8.23. The number of rotatable bonds is 6. The number of ether oxygens (including phenoxy) is 2. The molecule has 0 saturated carbocycles. The van der Waals surface area contributed by atoms with E-state index in [1.54, 1.807) is 0 Å². The molecule has 2 aromatic rings. The van der Waals surface area contributed by atoms with Crippen molar-refractivity contribution in [2.24, 2.45) is 0 Å². The summed E-state index contributed by atoms with van der Waals surface area (Å²) in [7, 11) is 0. The van der Waals surface area contributed by atoms with Gasteiger partial charge in [0.15, 0.2) is 0 Å². The first-order valence-corrected chi connectivity index (χ1v) is 10.5. The van der Waals surface area contributed by atoms with E-state index in [0.717, 1.165) is 30.6 Å². The number of carbonyl (C=O) groups is 1. The van der Waals surface area contributed by atoms with Gasteiger partial charge in [0.1, 0.15) is 12.4 Å². The van der Waals surface area contributed by atoms with Crippen molar-refractivity contribution in [2.75, 3.05) is 6.61 Å². The van der Waals surface area contributed by atoms with Crippen LogP contribution in [-0.4, -0.2) is 40.4 Å². The smallest absolute Gasteiger partial charge is 0.410 e. The van der Waals surface area contributed by atoms with Gasteiger partial charge in [0.2, 0.25) is 0 Å². The summed E-state index contributed by atoms with van der Waals surface area (Å²) >= 11 is 0. The second-order valence-electron chi connectivity index (χ2n) is 8.23. The number of hydrogen-bond acceptors (Lipinski definition) is 4. The summed E-state index contributed by atoms with van der Waals surface area (Å²) in [4.78, 5) is 14.7. The van der Waals surface area contributed by atoms with Crippen molar-refractivity contribution in [3.8, 4) is 5.75 Å². The predicted octanol–water partition coefficient (Wildman–Crippen LogP) is 4.54. The first kappa shape index (κ1) is 19.8. The number of carbonyl (C=O) groups excluding carboxylic acids is 1. The molecule has 2 unspecified atom stereocenters. The minimum Gasteiger partial charge on any atom is -0.493 e. The van der Waals surface area contributed by atoms with E-state index in [0.29, 0.717) is 25.9 Å². The maximum Gasteiger partial charge on any atom is 0.410 e. The quantitative estimate of drug-likeness (QED) is 0.780. The zero-order valence-electron chi connectivity index (χ0n) is 16.7. The molecule has 1 amide bonds. The Morgan fingerprint density at radius 3 is 2.28 bits per heavy atom. The lowest BCUT2D eigenvalue weighted by Crippen LogP contribution is -2.60. The van der Waals surface area contributed by atoms with E-state index in [4.69, 9.17) is 9.47 Å². The van der Waals surface area contributed by atoms with Gasteiger partial charge in [-0.2, -0.15) is 0 Å². The van der Waals surface area contributed by atoms with E-state index in [1.165, 1.54) is 0 Å². The van der Waals surface area contributed by atoms with Gasteiger partial charge >= 0.3 is 6.09 Å². The van der Waals surface area contributed by atoms with E-state index in [1.807, 2.05) is 65.6 Å². The first-order chi connectivity index (χ1) is 14.1. The third-order valence-corrected chi connectivity index (χ3v) is 6.09. The van der Waals surface area contributed by atoms with Crippen LogP contribution in [0.1, 0.15) is 44.1 Å². The normalized spacial score (nSPS) is 26.0. The summed E-state index contributed by atoms with van der Waals surface area (Å²) in [6.07, 6.45) is 4.41. The maximum atomic E-state index is 12.8. The molecule has 5 heteroatoms. The fourth-order valence-electron chi connectivity index (χ4n) is 4.70. The monoisotopic (exact) mass is 395 g/mol. The topological polar surface area (TPSA) is 59.0 Å². The van der Waals surface area contributed by atoms with E-state index in [-0.39, 0.29) is 24.8 Å². The van der Waals surface area contributed by atoms with Crippen LogP contribution in [0.15, 0.2) is 60.7 Å². The van der Waals surface area contributed by atoms with Crippen molar-refractivity contribution in [1.82, 2.24) is 4.90 Å². The Bertz CT molecular complexity index is 781. The summed E-state index contributed by atoms with van der Waals surface area (Å²) in [5, 5.41) is 11.2. The summed E-state index contributed by atoms with van der Waals surface area (Å²) in [5.74, 6) is 0.818. The average molecular weight is 395 g/mol. The lowest BCUT2D eigenvalue weighted by molar-refractivity contribution is -0.0929. The third-order valence-electron chi connectivity index (χ3n) is 6.09. The number of para-hydroxylation sites is 1. The molecule has 2 saturated heterocycles. The Balaban J connectivity index is 1.33. The molecule has 5 nitrogen and oxygen atoms in total. The molecule has 154 valence electrons. The highest BCUT2D eigenvalue weighted by Gasteiger charge is 2.47. The highest BCUT2D eigenvalue weighted by Crippen LogP contribution is 2.41. The second kappa shape index (κ2) is 8.87. The number of amides is 1. The number of hydrogen-bond donors (Lipinski definition) is 1. The number of benzene rings is 2. The standard InChI is InChI=1S/C24H29NO4/c26-23(29-18-19-8-3-1-4-9-19)25-20-10-7-11-21(25)17-24(27,16-20)14-15-28-22-12-5-2-6-13-22/h1-6,8-9,12-13,20-21,27H,7,10-11,14-18H2. The molecule has 4 rings (SSSR count). The molecule has 2 heterocycles. The van der Waals surface area contributed by atoms with Gasteiger partial charge in [-0.25, -0.2) is 4.79 Å². The molecule has 2 aliphatic heterocycles. The number of nitrogens with zero attached hydrogens (tertiary/aromatic N) is 1. The van der Waals surface area contributed by atoms with Crippen LogP contribution in [0.2, 0.25) is 0 Å². The molecule has 0 aliphatic carbocycles. The van der Waals surface area contributed by atoms with Gasteiger partial charge in [-0.1, -0.05) is 48.5 Å². The predicted molar refractivity (Wildman–Crippen MR) is 111 cm³/mol. The Morgan fingerprint density at radius 2 is 1.62 bits per heavy atom. The maximum absolute atomic E-state index is 12.8. The van der Waals surface area contributed by atoms with Crippen molar-refractivity contribution in [3.05, 3.63) is 66.2 Å². The largest absolute Gasteiger partial charge is 0.493 e. The Kier molecular flexibility index (Phi) is 6.05. The van der Waals surface area contributed by atoms with Gasteiger partial charge in [0.25, 0.3) is 0 Å². The van der Waals surface area contributed by atoms with Gasteiger partial charge in [-0.3, -0.25) is 0 Å². The number of fused-ring (bicyclic) bond motifs is 2. The molecule has 2 aliphatic rings. The van der Waals surface area contributed by atoms with Crippen molar-refractivity contribution in [1.29, 1.82) is 0 Å². The van der Waals surface area contributed by atoms with Crippen LogP contribution in [-0.2, 0) is 11.3 Å². The molecule has 0 aromatic heterocycles. The van der Waals surface area contributed by atoms with Crippen LogP contribution < -0.4 is 4.74 Å². The number of piperidine rings is 2. The van der Waals surface area contributed by atoms with Gasteiger partial charge in [0.05, 0.1) is 12.2 Å². The van der Waals surface area contributed by atoms with Crippen LogP contribution in [0.4, 0.5) is 4.79 Å². The Morgan fingerprint density at radius 1 is 1.00 bits per heavy atom. The molecule has 29 heavy (non-hydrogen) atoms. The number of aliphatic hydroxyl groups is 1. The molecule has 2 aromatic carbocycles. The minimum atomic E-state index is -0.791. The molecule has 2 fully saturated rings. The van der Waals surface area contributed by atoms with Crippen LogP contribution in [0.25, 0.3) is 0 Å². The van der Waals surface area contributed by atoms with Gasteiger partial charge in [-0.05, 0) is 49.8 Å². The Hall–Kier alpha value is -2.53. The van der Waals surface area contributed by atoms with E-state index >= 15 is 0 Å². The average Bonchev–Trinajstić information content (AvgIpc) is 2.73. The fourth-order valence-corrected chi connectivity index (χ4v) is 4.70. The first-order valence-electron chi connectivity index (χ1n) is 10.5. The summed E-state index contributed by atoms with van der Waals surface area (Å²) in [6.45, 7) is 0.753. The van der Waals surface area contributed by atoms with Crippen LogP contribution in [0.5, 0.6) is 5.75 Å². The van der Waals surface area contributed by atoms with Crippen molar-refractivity contribution in [3.63, 3.8) is 0 Å². The molecular weight excluding hydrogens is 366 g/mol. The van der Waals surface area contributed by atoms with E-state index < -0.39 is 5.60 Å². The van der Waals surface area contributed by atoms with E-state index in [2.05, 4.69) is 0 Å². The fraction of sp³-hybridized carbons (Fsp3) is 0.458. The zero-order chi connectivity index (χ0) is 20.1. The molecular formula is C24H29NO4. The minimum absolute atomic E-state index is 0.0347. The highest BCUT2D eigenvalue weighted by molar-refractivity contribution is 5.69. The summed E-state index contributed by atoms with van der Waals surface area (Å²) in [6, 6.07) is 19.5. The summed E-state index contributed by atoms with van der Waals surface area (Å²) < 4.78 is 11.4. The zero-order valence-corrected chi connectivity index (χ0v) is 16.7. The molecule has 2 bridgehead atoms. The molecule has 0 radical (unpaired) electrons. The van der Waals surface area contributed by atoms with Gasteiger partial charge < -0.3 is 19.5 Å². The Labute approximate surface area is 172 Å². The molecule has 1 N–H and O–H groups in total. The van der Waals surface area contributed by atoms with E-state index in [9.17, 15) is 9.90 Å². The molecule has 2 atom stereocenters. The van der Waals surface area contributed by atoms with Crippen LogP contribution >= 0.6 is 0 Å². The summed E-state index contributed by atoms with van der Waals surface area (Å²) in [5.41, 5.74) is 0.193. The van der Waals surface area contributed by atoms with Crippen molar-refractivity contribution < 1.29 is 19.4 Å². The van der Waals surface area contributed by atoms with Gasteiger partial charge in [-0.15, -0.1) is 0 Å². The lowest BCUT2D eigenvalue weighted by Gasteiger charge is -2.51. The molecule has 0 spiro atoms.